The van der Waals surface area contributed by atoms with Crippen molar-refractivity contribution >= 4 is 28.5 Å². The number of hydrogen-bond donors (Lipinski definition) is 1. The van der Waals surface area contributed by atoms with E-state index in [-0.39, 0.29) is 12.5 Å². The maximum absolute atomic E-state index is 11.7. The van der Waals surface area contributed by atoms with Crippen molar-refractivity contribution in [2.75, 3.05) is 18.5 Å². The average molecular weight is 340 g/mol. The van der Waals surface area contributed by atoms with E-state index in [4.69, 9.17) is 14.0 Å². The number of carbonyl (C=O) groups excluding carboxylic acids is 2. The highest BCUT2D eigenvalue weighted by atomic mass is 16.6. The molecule has 0 fully saturated rings. The van der Waals surface area contributed by atoms with E-state index in [1.54, 1.807) is 19.1 Å². The highest BCUT2D eigenvalue weighted by Crippen LogP contribution is 2.20. The second kappa shape index (κ2) is 7.48. The van der Waals surface area contributed by atoms with Gasteiger partial charge in [-0.1, -0.05) is 35.5 Å². The Balaban J connectivity index is 1.44. The molecule has 7 heteroatoms. The molecule has 0 aliphatic carbocycles. The van der Waals surface area contributed by atoms with Crippen LogP contribution in [0, 0.1) is 6.92 Å². The van der Waals surface area contributed by atoms with Crippen molar-refractivity contribution in [1.82, 2.24) is 5.16 Å². The lowest BCUT2D eigenvalue weighted by Gasteiger charge is -2.07. The van der Waals surface area contributed by atoms with Crippen molar-refractivity contribution in [3.05, 3.63) is 54.2 Å². The number of anilines is 1. The lowest BCUT2D eigenvalue weighted by molar-refractivity contribution is -0.149. The lowest BCUT2D eigenvalue weighted by Crippen LogP contribution is -2.23. The van der Waals surface area contributed by atoms with Crippen LogP contribution in [-0.4, -0.2) is 30.2 Å². The molecule has 0 saturated heterocycles. The van der Waals surface area contributed by atoms with Crippen LogP contribution in [0.4, 0.5) is 5.88 Å². The number of nitrogens with one attached hydrogen (secondary N) is 1. The average Bonchev–Trinajstić information content (AvgIpc) is 3.02. The smallest absolute Gasteiger partial charge is 0.344 e. The third-order valence-electron chi connectivity index (χ3n) is 3.33. The number of esters is 1. The van der Waals surface area contributed by atoms with Crippen LogP contribution in [0.2, 0.25) is 0 Å². The topological polar surface area (TPSA) is 90.7 Å². The highest BCUT2D eigenvalue weighted by Gasteiger charge is 2.11. The molecule has 7 nitrogen and oxygen atoms in total. The summed E-state index contributed by atoms with van der Waals surface area (Å²) in [5.41, 5.74) is 0.635. The first-order chi connectivity index (χ1) is 12.1. The van der Waals surface area contributed by atoms with Gasteiger partial charge in [-0.2, -0.15) is 0 Å². The van der Waals surface area contributed by atoms with Gasteiger partial charge in [0, 0.05) is 6.07 Å². The first kappa shape index (κ1) is 16.5. The second-order valence-corrected chi connectivity index (χ2v) is 5.34. The Morgan fingerprint density at radius 2 is 1.88 bits per heavy atom. The van der Waals surface area contributed by atoms with Gasteiger partial charge in [-0.25, -0.2) is 4.79 Å². The van der Waals surface area contributed by atoms with Crippen LogP contribution in [-0.2, 0) is 14.3 Å². The summed E-state index contributed by atoms with van der Waals surface area (Å²) in [4.78, 5) is 23.3. The zero-order valence-electron chi connectivity index (χ0n) is 13.5. The van der Waals surface area contributed by atoms with Crippen molar-refractivity contribution in [2.45, 2.75) is 6.92 Å². The predicted octanol–water partition coefficient (Wildman–Crippen LogP) is 2.70. The summed E-state index contributed by atoms with van der Waals surface area (Å²) in [5.74, 6) is -0.407. The monoisotopic (exact) mass is 340 g/mol. The van der Waals surface area contributed by atoms with E-state index in [1.165, 1.54) is 0 Å². The molecular weight excluding hydrogens is 324 g/mol. The van der Waals surface area contributed by atoms with Gasteiger partial charge in [0.25, 0.3) is 5.91 Å². The minimum absolute atomic E-state index is 0.200. The molecule has 25 heavy (non-hydrogen) atoms. The fourth-order valence-corrected chi connectivity index (χ4v) is 2.18. The Labute approximate surface area is 143 Å². The Hall–Kier alpha value is -3.35. The van der Waals surface area contributed by atoms with Crippen LogP contribution in [0.1, 0.15) is 5.69 Å². The number of nitrogens with zero attached hydrogens (tertiary/aromatic N) is 1. The van der Waals surface area contributed by atoms with Crippen LogP contribution in [0.5, 0.6) is 5.75 Å². The van der Waals surface area contributed by atoms with Crippen molar-refractivity contribution in [3.63, 3.8) is 0 Å². The number of carbonyl (C=O) groups is 2. The van der Waals surface area contributed by atoms with E-state index >= 15 is 0 Å². The SMILES string of the molecule is Cc1cc(NC(=O)COC(=O)COc2ccc3ccccc3c2)on1. The molecule has 1 aromatic heterocycles. The van der Waals surface area contributed by atoms with Gasteiger partial charge in [-0.05, 0) is 29.8 Å². The minimum atomic E-state index is -0.642. The Morgan fingerprint density at radius 1 is 1.08 bits per heavy atom. The zero-order valence-corrected chi connectivity index (χ0v) is 13.5. The fourth-order valence-electron chi connectivity index (χ4n) is 2.18. The molecular formula is C18H16N2O5. The molecule has 0 aliphatic rings. The lowest BCUT2D eigenvalue weighted by atomic mass is 10.1. The number of ether oxygens (including phenoxy) is 2. The quantitative estimate of drug-likeness (QED) is 0.694. The van der Waals surface area contributed by atoms with Crippen molar-refractivity contribution in [3.8, 4) is 5.75 Å². The number of aromatic nitrogens is 1. The van der Waals surface area contributed by atoms with Crippen LogP contribution in [0.15, 0.2) is 53.1 Å². The summed E-state index contributed by atoms with van der Waals surface area (Å²) in [7, 11) is 0. The van der Waals surface area contributed by atoms with Gasteiger partial charge >= 0.3 is 5.97 Å². The van der Waals surface area contributed by atoms with Crippen LogP contribution >= 0.6 is 0 Å². The summed E-state index contributed by atoms with van der Waals surface area (Å²) >= 11 is 0. The van der Waals surface area contributed by atoms with Gasteiger partial charge in [-0.15, -0.1) is 0 Å². The highest BCUT2D eigenvalue weighted by molar-refractivity contribution is 5.91. The molecule has 1 amide bonds. The van der Waals surface area contributed by atoms with E-state index in [0.717, 1.165) is 10.8 Å². The molecule has 0 atom stereocenters. The molecule has 1 N–H and O–H groups in total. The van der Waals surface area contributed by atoms with Gasteiger partial charge in [0.2, 0.25) is 5.88 Å². The third-order valence-corrected chi connectivity index (χ3v) is 3.33. The molecule has 0 unspecified atom stereocenters. The molecule has 0 bridgehead atoms. The number of aryl methyl sites for hydroxylation is 1. The molecule has 3 aromatic rings. The van der Waals surface area contributed by atoms with Crippen LogP contribution in [0.3, 0.4) is 0 Å². The maximum Gasteiger partial charge on any atom is 0.344 e. The second-order valence-electron chi connectivity index (χ2n) is 5.34. The Kier molecular flexibility index (Phi) is 4.94. The van der Waals surface area contributed by atoms with Gasteiger partial charge in [0.1, 0.15) is 5.75 Å². The Morgan fingerprint density at radius 3 is 2.64 bits per heavy atom. The number of hydrogen-bond acceptors (Lipinski definition) is 6. The summed E-state index contributed by atoms with van der Waals surface area (Å²) in [6.07, 6.45) is 0. The van der Waals surface area contributed by atoms with Gasteiger partial charge in [0.05, 0.1) is 5.69 Å². The molecule has 1 heterocycles. The fraction of sp³-hybridized carbons (Fsp3) is 0.167. The molecule has 0 saturated carbocycles. The number of rotatable bonds is 6. The summed E-state index contributed by atoms with van der Waals surface area (Å²) < 4.78 is 15.1. The first-order valence-electron chi connectivity index (χ1n) is 7.60. The van der Waals surface area contributed by atoms with E-state index in [9.17, 15) is 9.59 Å². The van der Waals surface area contributed by atoms with Gasteiger partial charge < -0.3 is 14.0 Å². The molecule has 3 rings (SSSR count). The maximum atomic E-state index is 11.7. The van der Waals surface area contributed by atoms with E-state index in [2.05, 4.69) is 10.5 Å². The number of fused-ring (bicyclic) bond motifs is 1. The van der Waals surface area contributed by atoms with Crippen LogP contribution < -0.4 is 10.1 Å². The molecule has 0 radical (unpaired) electrons. The summed E-state index contributed by atoms with van der Waals surface area (Å²) in [6.45, 7) is 1.01. The standard InChI is InChI=1S/C18H16N2O5/c1-12-8-17(25-20-12)19-16(21)10-24-18(22)11-23-15-7-6-13-4-2-3-5-14(13)9-15/h2-9H,10-11H2,1H3,(H,19,21). The zero-order chi connectivity index (χ0) is 17.6. The summed E-state index contributed by atoms with van der Waals surface area (Å²) in [5, 5.41) is 8.15. The number of amides is 1. The number of benzene rings is 2. The third kappa shape index (κ3) is 4.57. The van der Waals surface area contributed by atoms with Gasteiger partial charge in [0.15, 0.2) is 13.2 Å². The molecule has 2 aromatic carbocycles. The predicted molar refractivity (Wildman–Crippen MR) is 90.3 cm³/mol. The van der Waals surface area contributed by atoms with Gasteiger partial charge in [-0.3, -0.25) is 10.1 Å². The van der Waals surface area contributed by atoms with E-state index < -0.39 is 18.5 Å². The summed E-state index contributed by atoms with van der Waals surface area (Å²) in [6, 6.07) is 14.9. The molecule has 128 valence electrons. The minimum Gasteiger partial charge on any atom is -0.482 e. The van der Waals surface area contributed by atoms with Crippen molar-refractivity contribution < 1.29 is 23.6 Å². The van der Waals surface area contributed by atoms with Crippen LogP contribution in [0.25, 0.3) is 10.8 Å². The van der Waals surface area contributed by atoms with Crippen molar-refractivity contribution in [1.29, 1.82) is 0 Å². The largest absolute Gasteiger partial charge is 0.482 e. The van der Waals surface area contributed by atoms with E-state index in [0.29, 0.717) is 11.4 Å². The van der Waals surface area contributed by atoms with Crippen molar-refractivity contribution in [2.24, 2.45) is 0 Å². The van der Waals surface area contributed by atoms with E-state index in [1.807, 2.05) is 36.4 Å². The first-order valence-corrected chi connectivity index (χ1v) is 7.60. The Bertz CT molecular complexity index is 903. The normalized spacial score (nSPS) is 10.4. The molecule has 0 spiro atoms. The molecule has 0 aliphatic heterocycles.